The maximum Gasteiger partial charge on any atom is 0.406 e. The highest BCUT2D eigenvalue weighted by atomic mass is 19.1. The van der Waals surface area contributed by atoms with Crippen LogP contribution in [0.1, 0.15) is 50.2 Å². The van der Waals surface area contributed by atoms with Gasteiger partial charge in [0.2, 0.25) is 5.91 Å². The molecule has 2 aromatic rings. The minimum atomic E-state index is -1.48. The fourth-order valence-electron chi connectivity index (χ4n) is 5.31. The van der Waals surface area contributed by atoms with Crippen LogP contribution in [0.15, 0.2) is 42.5 Å². The Bertz CT molecular complexity index is 1100. The summed E-state index contributed by atoms with van der Waals surface area (Å²) >= 11 is 0. The van der Waals surface area contributed by atoms with Crippen LogP contribution in [0.5, 0.6) is 0 Å². The fraction of sp³-hybridized carbons (Fsp3) is 0.517. The van der Waals surface area contributed by atoms with E-state index in [0.717, 1.165) is 12.0 Å². The Morgan fingerprint density at radius 1 is 1.29 bits per heavy atom. The summed E-state index contributed by atoms with van der Waals surface area (Å²) in [5, 5.41) is 25.0. The molecule has 1 aliphatic rings. The third-order valence-electron chi connectivity index (χ3n) is 7.43. The van der Waals surface area contributed by atoms with Crippen molar-refractivity contribution < 1.29 is 28.9 Å². The van der Waals surface area contributed by atoms with Gasteiger partial charge in [-0.25, -0.2) is 9.18 Å². The molecule has 0 spiro atoms. The number of rotatable bonds is 11. The first-order chi connectivity index (χ1) is 18.2. The predicted octanol–water partition coefficient (Wildman–Crippen LogP) is 3.33. The van der Waals surface area contributed by atoms with Crippen molar-refractivity contribution >= 4 is 12.0 Å². The summed E-state index contributed by atoms with van der Waals surface area (Å²) in [6, 6.07) is 12.4. The van der Waals surface area contributed by atoms with Crippen molar-refractivity contribution in [3.8, 4) is 11.1 Å². The lowest BCUT2D eigenvalue weighted by atomic mass is 9.72. The lowest BCUT2D eigenvalue weighted by Crippen LogP contribution is -2.49. The number of amides is 2. The largest absolute Gasteiger partial charge is 0.453 e. The molecule has 2 aromatic carbocycles. The van der Waals surface area contributed by atoms with Gasteiger partial charge in [-0.3, -0.25) is 4.79 Å². The second-order valence-electron chi connectivity index (χ2n) is 9.94. The Morgan fingerprint density at radius 2 is 2.05 bits per heavy atom. The van der Waals surface area contributed by atoms with Crippen LogP contribution in [0, 0.1) is 11.7 Å². The van der Waals surface area contributed by atoms with Crippen LogP contribution in [-0.4, -0.2) is 66.5 Å². The molecule has 5 N–H and O–H groups in total. The fourth-order valence-corrected chi connectivity index (χ4v) is 5.31. The number of ether oxygens (including phenoxy) is 1. The number of methoxy groups -OCH3 is 1. The van der Waals surface area contributed by atoms with E-state index in [1.54, 1.807) is 17.0 Å². The molecule has 2 unspecified atom stereocenters. The summed E-state index contributed by atoms with van der Waals surface area (Å²) in [4.78, 5) is 26.1. The number of aliphatic hydroxyl groups is 2. The third-order valence-corrected chi connectivity index (χ3v) is 7.43. The number of halogens is 1. The van der Waals surface area contributed by atoms with Crippen molar-refractivity contribution in [2.75, 3.05) is 33.3 Å². The molecule has 208 valence electrons. The van der Waals surface area contributed by atoms with Crippen molar-refractivity contribution in [2.24, 2.45) is 11.7 Å². The van der Waals surface area contributed by atoms with E-state index >= 15 is 4.39 Å². The second kappa shape index (κ2) is 13.7. The SMILES string of the molecule is CCc1cccc(-c2c(F)cccc2C(O)(CCCNC(=O)OC)[C@@H]2CCCN(C(=O)CC(O)CN)C2)c1. The van der Waals surface area contributed by atoms with Gasteiger partial charge < -0.3 is 30.9 Å². The van der Waals surface area contributed by atoms with Gasteiger partial charge in [0.15, 0.2) is 0 Å². The number of likely N-dealkylation sites (tertiary alicyclic amines) is 1. The van der Waals surface area contributed by atoms with Crippen molar-refractivity contribution in [3.63, 3.8) is 0 Å². The number of carbonyl (C=O) groups excluding carboxylic acids is 2. The molecular formula is C29H40FN3O5. The van der Waals surface area contributed by atoms with E-state index in [4.69, 9.17) is 5.73 Å². The first kappa shape index (κ1) is 29.5. The molecule has 2 amide bonds. The van der Waals surface area contributed by atoms with Gasteiger partial charge in [-0.05, 0) is 54.9 Å². The van der Waals surface area contributed by atoms with Crippen molar-refractivity contribution in [3.05, 3.63) is 59.4 Å². The summed E-state index contributed by atoms with van der Waals surface area (Å²) in [5.74, 6) is -1.04. The zero-order valence-electron chi connectivity index (χ0n) is 22.3. The first-order valence-corrected chi connectivity index (χ1v) is 13.3. The summed E-state index contributed by atoms with van der Waals surface area (Å²) in [5.41, 5.74) is 6.54. The molecule has 9 heteroatoms. The van der Waals surface area contributed by atoms with Crippen LogP contribution in [0.3, 0.4) is 0 Å². The van der Waals surface area contributed by atoms with Crippen LogP contribution in [-0.2, 0) is 21.6 Å². The number of nitrogens with one attached hydrogen (secondary N) is 1. The van der Waals surface area contributed by atoms with Gasteiger partial charge in [-0.1, -0.05) is 43.3 Å². The number of nitrogens with zero attached hydrogens (tertiary/aromatic N) is 1. The molecule has 0 aliphatic carbocycles. The Balaban J connectivity index is 2.00. The molecule has 1 saturated heterocycles. The average molecular weight is 530 g/mol. The standard InChI is InChI=1S/C29H40FN3O5/c1-3-20-8-4-9-21(16-20)27-24(11-5-12-25(27)30)29(37,13-7-14-32-28(36)38-2)22-10-6-15-33(19-22)26(35)17-23(34)18-31/h4-5,8-9,11-12,16,22-23,34,37H,3,6-7,10,13-15,17-19,31H2,1-2H3,(H,32,36)/t22-,23?,29?/m1/s1. The number of aliphatic hydroxyl groups excluding tert-OH is 1. The van der Waals surface area contributed by atoms with Crippen LogP contribution in [0.25, 0.3) is 11.1 Å². The number of hydrogen-bond acceptors (Lipinski definition) is 6. The Kier molecular flexibility index (Phi) is 10.6. The van der Waals surface area contributed by atoms with Crippen LogP contribution in [0.4, 0.5) is 9.18 Å². The van der Waals surface area contributed by atoms with Gasteiger partial charge in [0, 0.05) is 37.7 Å². The van der Waals surface area contributed by atoms with E-state index in [0.29, 0.717) is 42.5 Å². The first-order valence-electron chi connectivity index (χ1n) is 13.3. The molecule has 0 saturated carbocycles. The number of alkyl carbamates (subject to hydrolysis) is 1. The van der Waals surface area contributed by atoms with Crippen molar-refractivity contribution in [2.45, 2.75) is 57.2 Å². The Labute approximate surface area is 224 Å². The number of carbonyl (C=O) groups is 2. The monoisotopic (exact) mass is 529 g/mol. The molecule has 1 aliphatic heterocycles. The highest BCUT2D eigenvalue weighted by Crippen LogP contribution is 2.44. The van der Waals surface area contributed by atoms with E-state index in [1.807, 2.05) is 31.2 Å². The highest BCUT2D eigenvalue weighted by Gasteiger charge is 2.43. The van der Waals surface area contributed by atoms with E-state index < -0.39 is 23.6 Å². The molecule has 38 heavy (non-hydrogen) atoms. The van der Waals surface area contributed by atoms with E-state index in [-0.39, 0.29) is 44.3 Å². The predicted molar refractivity (Wildman–Crippen MR) is 144 cm³/mol. The quantitative estimate of drug-likeness (QED) is 0.331. The maximum absolute atomic E-state index is 15.5. The van der Waals surface area contributed by atoms with Gasteiger partial charge in [-0.2, -0.15) is 0 Å². The van der Waals surface area contributed by atoms with Crippen LogP contribution >= 0.6 is 0 Å². The highest BCUT2D eigenvalue weighted by molar-refractivity contribution is 5.77. The summed E-state index contributed by atoms with van der Waals surface area (Å²) in [6.07, 6.45) is 1.15. The number of nitrogens with two attached hydrogens (primary N) is 1. The van der Waals surface area contributed by atoms with Crippen molar-refractivity contribution in [1.29, 1.82) is 0 Å². The van der Waals surface area contributed by atoms with E-state index in [2.05, 4.69) is 10.1 Å². The molecular weight excluding hydrogens is 489 g/mol. The average Bonchev–Trinajstić information content (AvgIpc) is 2.94. The number of benzene rings is 2. The molecule has 1 fully saturated rings. The van der Waals surface area contributed by atoms with Gasteiger partial charge in [0.25, 0.3) is 0 Å². The summed E-state index contributed by atoms with van der Waals surface area (Å²) < 4.78 is 20.2. The Morgan fingerprint density at radius 3 is 2.76 bits per heavy atom. The number of aryl methyl sites for hydroxylation is 1. The maximum atomic E-state index is 15.5. The number of hydrogen-bond donors (Lipinski definition) is 4. The molecule has 3 atom stereocenters. The van der Waals surface area contributed by atoms with Gasteiger partial charge in [-0.15, -0.1) is 0 Å². The van der Waals surface area contributed by atoms with E-state index in [9.17, 15) is 19.8 Å². The normalized spacial score (nSPS) is 17.9. The molecule has 1 heterocycles. The molecule has 0 aromatic heterocycles. The minimum absolute atomic E-state index is 0.0103. The zero-order valence-corrected chi connectivity index (χ0v) is 22.3. The zero-order chi connectivity index (χ0) is 27.7. The van der Waals surface area contributed by atoms with E-state index in [1.165, 1.54) is 13.2 Å². The smallest absolute Gasteiger partial charge is 0.406 e. The van der Waals surface area contributed by atoms with Crippen LogP contribution in [0.2, 0.25) is 0 Å². The molecule has 3 rings (SSSR count). The molecule has 0 bridgehead atoms. The minimum Gasteiger partial charge on any atom is -0.453 e. The summed E-state index contributed by atoms with van der Waals surface area (Å²) in [6.45, 7) is 3.07. The topological polar surface area (TPSA) is 125 Å². The summed E-state index contributed by atoms with van der Waals surface area (Å²) in [7, 11) is 1.28. The lowest BCUT2D eigenvalue weighted by molar-refractivity contribution is -0.138. The second-order valence-corrected chi connectivity index (χ2v) is 9.94. The molecule has 0 radical (unpaired) electrons. The lowest BCUT2D eigenvalue weighted by Gasteiger charge is -2.44. The van der Waals surface area contributed by atoms with Gasteiger partial charge in [0.1, 0.15) is 5.82 Å². The van der Waals surface area contributed by atoms with Crippen LogP contribution < -0.4 is 11.1 Å². The van der Waals surface area contributed by atoms with Crippen molar-refractivity contribution in [1.82, 2.24) is 10.2 Å². The third kappa shape index (κ3) is 7.09. The number of piperidine rings is 1. The molecule has 8 nitrogen and oxygen atoms in total. The Hall–Kier alpha value is -3.01. The van der Waals surface area contributed by atoms with Gasteiger partial charge >= 0.3 is 6.09 Å². The van der Waals surface area contributed by atoms with Gasteiger partial charge in [0.05, 0.1) is 25.2 Å².